The van der Waals surface area contributed by atoms with Crippen molar-refractivity contribution in [3.05, 3.63) is 89.6 Å². The van der Waals surface area contributed by atoms with Gasteiger partial charge in [0.1, 0.15) is 12.4 Å². The number of pyridine rings is 1. The quantitative estimate of drug-likeness (QED) is 0.557. The summed E-state index contributed by atoms with van der Waals surface area (Å²) in [7, 11) is 0. The first-order valence-electron chi connectivity index (χ1n) is 9.58. The van der Waals surface area contributed by atoms with Crippen molar-refractivity contribution < 1.29 is 14.1 Å². The van der Waals surface area contributed by atoms with Gasteiger partial charge < -0.3 is 14.6 Å². The molecule has 29 heavy (non-hydrogen) atoms. The Kier molecular flexibility index (Phi) is 4.44. The third-order valence-corrected chi connectivity index (χ3v) is 5.24. The Morgan fingerprint density at radius 1 is 1.17 bits per heavy atom. The van der Waals surface area contributed by atoms with Gasteiger partial charge in [-0.05, 0) is 36.1 Å². The van der Waals surface area contributed by atoms with Crippen LogP contribution in [0.3, 0.4) is 0 Å². The van der Waals surface area contributed by atoms with Gasteiger partial charge in [-0.2, -0.15) is 0 Å². The maximum atomic E-state index is 12.6. The summed E-state index contributed by atoms with van der Waals surface area (Å²) >= 11 is 0. The van der Waals surface area contributed by atoms with Crippen LogP contribution in [0.25, 0.3) is 10.8 Å². The van der Waals surface area contributed by atoms with E-state index in [0.717, 1.165) is 29.4 Å². The molecule has 1 amide bonds. The number of carbonyl (C=O) groups excluding carboxylic acids is 1. The van der Waals surface area contributed by atoms with Gasteiger partial charge in [0.25, 0.3) is 5.91 Å². The first kappa shape index (κ1) is 17.4. The SMILES string of the molecule is O=C(NC1CCc2ccccc21)c1cc(COc2cccc3cnccc23)on1. The van der Waals surface area contributed by atoms with E-state index in [9.17, 15) is 4.79 Å². The average molecular weight is 385 g/mol. The molecule has 1 aliphatic rings. The Bertz CT molecular complexity index is 1180. The number of hydrogen-bond donors (Lipinski definition) is 1. The van der Waals surface area contributed by atoms with Crippen molar-refractivity contribution in [3.8, 4) is 5.75 Å². The molecule has 1 N–H and O–H groups in total. The molecule has 6 nitrogen and oxygen atoms in total. The Balaban J connectivity index is 1.25. The van der Waals surface area contributed by atoms with E-state index in [2.05, 4.69) is 27.6 Å². The fourth-order valence-corrected chi connectivity index (χ4v) is 3.79. The highest BCUT2D eigenvalue weighted by Gasteiger charge is 2.25. The van der Waals surface area contributed by atoms with Gasteiger partial charge in [-0.1, -0.05) is 41.6 Å². The summed E-state index contributed by atoms with van der Waals surface area (Å²) in [6.07, 6.45) is 5.39. The summed E-state index contributed by atoms with van der Waals surface area (Å²) in [5.41, 5.74) is 2.73. The number of benzene rings is 2. The largest absolute Gasteiger partial charge is 0.485 e. The molecule has 1 unspecified atom stereocenters. The molecule has 0 saturated carbocycles. The number of aromatic nitrogens is 2. The summed E-state index contributed by atoms with van der Waals surface area (Å²) < 4.78 is 11.2. The number of nitrogens with zero attached hydrogens (tertiary/aromatic N) is 2. The maximum absolute atomic E-state index is 12.6. The number of rotatable bonds is 5. The van der Waals surface area contributed by atoms with Crippen LogP contribution in [0.1, 0.15) is 39.8 Å². The highest BCUT2D eigenvalue weighted by Crippen LogP contribution is 2.31. The van der Waals surface area contributed by atoms with Crippen LogP contribution in [-0.2, 0) is 13.0 Å². The third-order valence-electron chi connectivity index (χ3n) is 5.24. The Hall–Kier alpha value is -3.67. The summed E-state index contributed by atoms with van der Waals surface area (Å²) in [5, 5.41) is 8.94. The van der Waals surface area contributed by atoms with Crippen LogP contribution in [0.4, 0.5) is 0 Å². The van der Waals surface area contributed by atoms with E-state index in [1.54, 1.807) is 18.5 Å². The topological polar surface area (TPSA) is 77.2 Å². The van der Waals surface area contributed by atoms with E-state index in [4.69, 9.17) is 9.26 Å². The van der Waals surface area contributed by atoms with Gasteiger partial charge in [0.05, 0.1) is 6.04 Å². The van der Waals surface area contributed by atoms with Crippen LogP contribution in [0.2, 0.25) is 0 Å². The van der Waals surface area contributed by atoms with Crippen molar-refractivity contribution >= 4 is 16.7 Å². The van der Waals surface area contributed by atoms with Gasteiger partial charge in [0.2, 0.25) is 0 Å². The van der Waals surface area contributed by atoms with Gasteiger partial charge in [-0.3, -0.25) is 9.78 Å². The van der Waals surface area contributed by atoms with Gasteiger partial charge in [0, 0.05) is 29.2 Å². The number of aryl methyl sites for hydroxylation is 1. The fourth-order valence-electron chi connectivity index (χ4n) is 3.79. The zero-order valence-electron chi connectivity index (χ0n) is 15.7. The second kappa shape index (κ2) is 7.39. The number of hydrogen-bond acceptors (Lipinski definition) is 5. The van der Waals surface area contributed by atoms with Crippen molar-refractivity contribution in [2.75, 3.05) is 0 Å². The Labute approximate surface area is 167 Å². The molecule has 1 aliphatic carbocycles. The van der Waals surface area contributed by atoms with Crippen LogP contribution < -0.4 is 10.1 Å². The van der Waals surface area contributed by atoms with Crippen LogP contribution in [0, 0.1) is 0 Å². The molecule has 0 aliphatic heterocycles. The third kappa shape index (κ3) is 3.45. The van der Waals surface area contributed by atoms with Crippen LogP contribution in [0.15, 0.2) is 71.5 Å². The van der Waals surface area contributed by atoms with Crippen LogP contribution in [-0.4, -0.2) is 16.0 Å². The highest BCUT2D eigenvalue weighted by atomic mass is 16.5. The first-order chi connectivity index (χ1) is 14.3. The van der Waals surface area contributed by atoms with Crippen molar-refractivity contribution in [2.24, 2.45) is 0 Å². The fraction of sp³-hybridized carbons (Fsp3) is 0.174. The second-order valence-electron chi connectivity index (χ2n) is 7.08. The lowest BCUT2D eigenvalue weighted by Gasteiger charge is -2.12. The predicted octanol–water partition coefficient (Wildman–Crippen LogP) is 4.22. The maximum Gasteiger partial charge on any atom is 0.273 e. The molecule has 0 bridgehead atoms. The summed E-state index contributed by atoms with van der Waals surface area (Å²) in [6.45, 7) is 0.188. The van der Waals surface area contributed by atoms with Gasteiger partial charge in [0.15, 0.2) is 11.5 Å². The summed E-state index contributed by atoms with van der Waals surface area (Å²) in [5.74, 6) is 0.987. The van der Waals surface area contributed by atoms with Gasteiger partial charge >= 0.3 is 0 Å². The van der Waals surface area contributed by atoms with Crippen molar-refractivity contribution in [2.45, 2.75) is 25.5 Å². The number of fused-ring (bicyclic) bond motifs is 2. The molecule has 6 heteroatoms. The molecule has 2 heterocycles. The minimum absolute atomic E-state index is 0.0133. The second-order valence-corrected chi connectivity index (χ2v) is 7.08. The standard InChI is InChI=1S/C23H19N3O3/c27-23(25-20-9-8-15-4-1-2-6-18(15)20)21-12-17(29-26-21)14-28-22-7-3-5-16-13-24-11-10-19(16)22/h1-7,10-13,20H,8-9,14H2,(H,25,27). The summed E-state index contributed by atoms with van der Waals surface area (Å²) in [6, 6.07) is 17.5. The van der Waals surface area contributed by atoms with E-state index in [1.165, 1.54) is 11.1 Å². The van der Waals surface area contributed by atoms with E-state index >= 15 is 0 Å². The van der Waals surface area contributed by atoms with E-state index in [-0.39, 0.29) is 24.2 Å². The molecular weight excluding hydrogens is 366 g/mol. The number of ether oxygens (including phenoxy) is 1. The Morgan fingerprint density at radius 3 is 3.07 bits per heavy atom. The zero-order valence-corrected chi connectivity index (χ0v) is 15.7. The molecule has 0 saturated heterocycles. The molecule has 0 fully saturated rings. The number of amides is 1. The smallest absolute Gasteiger partial charge is 0.273 e. The monoisotopic (exact) mass is 385 g/mol. The van der Waals surface area contributed by atoms with E-state index in [0.29, 0.717) is 5.76 Å². The lowest BCUT2D eigenvalue weighted by atomic mass is 10.1. The molecule has 2 aromatic heterocycles. The normalized spacial score (nSPS) is 15.2. The molecule has 144 valence electrons. The van der Waals surface area contributed by atoms with Crippen LogP contribution >= 0.6 is 0 Å². The predicted molar refractivity (Wildman–Crippen MR) is 108 cm³/mol. The first-order valence-corrected chi connectivity index (χ1v) is 9.58. The molecule has 0 radical (unpaired) electrons. The molecule has 4 aromatic rings. The molecule has 1 atom stereocenters. The van der Waals surface area contributed by atoms with Crippen molar-refractivity contribution in [1.29, 1.82) is 0 Å². The number of nitrogens with one attached hydrogen (secondary N) is 1. The van der Waals surface area contributed by atoms with E-state index in [1.807, 2.05) is 36.4 Å². The average Bonchev–Trinajstić information content (AvgIpc) is 3.40. The molecule has 2 aromatic carbocycles. The lowest BCUT2D eigenvalue weighted by Crippen LogP contribution is -2.27. The minimum Gasteiger partial charge on any atom is -0.485 e. The molecular formula is C23H19N3O3. The minimum atomic E-state index is -0.238. The molecule has 0 spiro atoms. The highest BCUT2D eigenvalue weighted by molar-refractivity contribution is 5.92. The lowest BCUT2D eigenvalue weighted by molar-refractivity contribution is 0.0927. The number of carbonyl (C=O) groups is 1. The van der Waals surface area contributed by atoms with E-state index < -0.39 is 0 Å². The van der Waals surface area contributed by atoms with Crippen LogP contribution in [0.5, 0.6) is 5.75 Å². The van der Waals surface area contributed by atoms with Crippen molar-refractivity contribution in [3.63, 3.8) is 0 Å². The van der Waals surface area contributed by atoms with Gasteiger partial charge in [-0.15, -0.1) is 0 Å². The zero-order chi connectivity index (χ0) is 19.6. The Morgan fingerprint density at radius 2 is 2.10 bits per heavy atom. The van der Waals surface area contributed by atoms with Gasteiger partial charge in [-0.25, -0.2) is 0 Å². The van der Waals surface area contributed by atoms with Crippen molar-refractivity contribution in [1.82, 2.24) is 15.5 Å². The summed E-state index contributed by atoms with van der Waals surface area (Å²) in [4.78, 5) is 16.7. The molecule has 5 rings (SSSR count).